The van der Waals surface area contributed by atoms with Gasteiger partial charge in [-0.2, -0.15) is 0 Å². The van der Waals surface area contributed by atoms with Gasteiger partial charge in [0.05, 0.1) is 11.1 Å². The molecule has 1 saturated heterocycles. The largest absolute Gasteiger partial charge is 0.493 e. The molecule has 158 valence electrons. The van der Waals surface area contributed by atoms with E-state index in [4.69, 9.17) is 16.3 Å². The van der Waals surface area contributed by atoms with Crippen LogP contribution in [0.1, 0.15) is 12.0 Å². The number of fused-ring (bicyclic) bond motifs is 1. The Labute approximate surface area is 187 Å². The van der Waals surface area contributed by atoms with E-state index in [1.54, 1.807) is 0 Å². The molecule has 3 aromatic rings. The Kier molecular flexibility index (Phi) is 6.67. The number of halogens is 3. The van der Waals surface area contributed by atoms with Crippen LogP contribution in [0, 0.1) is 5.82 Å². The van der Waals surface area contributed by atoms with Gasteiger partial charge in [-0.1, -0.05) is 41.9 Å². The number of rotatable bonds is 6. The Morgan fingerprint density at radius 3 is 2.90 bits per heavy atom. The molecule has 30 heavy (non-hydrogen) atoms. The Bertz CT molecular complexity index is 1040. The SMILES string of the molecule is Oc1ncnc2c(F)c(Br)c(Cl)c(OCC[C@@H]3CN(Cc4ccccc4)CCN3)c12. The van der Waals surface area contributed by atoms with Gasteiger partial charge in [0.1, 0.15) is 22.3 Å². The Balaban J connectivity index is 1.42. The fourth-order valence-electron chi connectivity index (χ4n) is 3.67. The minimum Gasteiger partial charge on any atom is -0.493 e. The molecule has 2 heterocycles. The number of nitrogens with zero attached hydrogens (tertiary/aromatic N) is 3. The van der Waals surface area contributed by atoms with Crippen LogP contribution in [0.4, 0.5) is 4.39 Å². The first kappa shape index (κ1) is 21.2. The lowest BCUT2D eigenvalue weighted by Gasteiger charge is -2.33. The van der Waals surface area contributed by atoms with Crippen molar-refractivity contribution in [1.82, 2.24) is 20.2 Å². The molecule has 0 bridgehead atoms. The minimum atomic E-state index is -0.662. The lowest BCUT2D eigenvalue weighted by molar-refractivity contribution is 0.172. The molecule has 2 aromatic carbocycles. The van der Waals surface area contributed by atoms with Crippen LogP contribution in [-0.4, -0.2) is 52.3 Å². The van der Waals surface area contributed by atoms with E-state index in [-0.39, 0.29) is 38.1 Å². The first-order valence-electron chi connectivity index (χ1n) is 9.67. The summed E-state index contributed by atoms with van der Waals surface area (Å²) in [5.74, 6) is -0.853. The van der Waals surface area contributed by atoms with Gasteiger partial charge < -0.3 is 15.2 Å². The summed E-state index contributed by atoms with van der Waals surface area (Å²) in [4.78, 5) is 10.1. The van der Waals surface area contributed by atoms with E-state index in [2.05, 4.69) is 60.4 Å². The lowest BCUT2D eigenvalue weighted by Crippen LogP contribution is -2.50. The maximum absolute atomic E-state index is 14.5. The normalized spacial score (nSPS) is 17.4. The van der Waals surface area contributed by atoms with Crippen LogP contribution in [0.25, 0.3) is 10.9 Å². The molecule has 1 atom stereocenters. The van der Waals surface area contributed by atoms with Crippen molar-refractivity contribution in [2.45, 2.75) is 19.0 Å². The van der Waals surface area contributed by atoms with Gasteiger partial charge in [-0.05, 0) is 27.9 Å². The predicted octanol–water partition coefficient (Wildman–Crippen LogP) is 4.13. The van der Waals surface area contributed by atoms with Crippen LogP contribution < -0.4 is 10.1 Å². The van der Waals surface area contributed by atoms with Gasteiger partial charge in [0, 0.05) is 32.2 Å². The third kappa shape index (κ3) is 4.51. The van der Waals surface area contributed by atoms with E-state index >= 15 is 0 Å². The summed E-state index contributed by atoms with van der Waals surface area (Å²) in [5.41, 5.74) is 1.25. The standard InChI is InChI=1S/C21H21BrClFN4O2/c22-16-17(23)20(15-19(18(16)24)26-12-27-21(15)29)30-9-6-14-11-28(8-7-25-14)10-13-4-2-1-3-5-13/h1-5,12,14,25H,6-11H2,(H,26,27,29)/t14-/m1/s1. The molecular formula is C21H21BrClFN4O2. The molecule has 1 aliphatic rings. The highest BCUT2D eigenvalue weighted by Gasteiger charge is 2.24. The summed E-state index contributed by atoms with van der Waals surface area (Å²) in [6.45, 7) is 4.04. The van der Waals surface area contributed by atoms with E-state index in [1.807, 2.05) is 6.07 Å². The predicted molar refractivity (Wildman–Crippen MR) is 117 cm³/mol. The van der Waals surface area contributed by atoms with E-state index in [0.29, 0.717) is 6.61 Å². The third-order valence-corrected chi connectivity index (χ3v) is 6.48. The van der Waals surface area contributed by atoms with Crippen molar-refractivity contribution in [3.63, 3.8) is 0 Å². The molecule has 1 fully saturated rings. The molecule has 9 heteroatoms. The molecule has 6 nitrogen and oxygen atoms in total. The molecule has 4 rings (SSSR count). The van der Waals surface area contributed by atoms with Gasteiger partial charge in [0.15, 0.2) is 11.6 Å². The number of hydrogen-bond donors (Lipinski definition) is 2. The summed E-state index contributed by atoms with van der Waals surface area (Å²) in [6, 6.07) is 10.6. The Hall–Kier alpha value is -2.00. The highest BCUT2D eigenvalue weighted by atomic mass is 79.9. The van der Waals surface area contributed by atoms with Crippen molar-refractivity contribution in [2.24, 2.45) is 0 Å². The van der Waals surface area contributed by atoms with Crippen molar-refractivity contribution < 1.29 is 14.2 Å². The van der Waals surface area contributed by atoms with Crippen molar-refractivity contribution >= 4 is 38.4 Å². The second-order valence-electron chi connectivity index (χ2n) is 7.20. The third-order valence-electron chi connectivity index (χ3n) is 5.15. The topological polar surface area (TPSA) is 70.5 Å². The quantitative estimate of drug-likeness (QED) is 0.501. The number of aromatic hydroxyl groups is 1. The Morgan fingerprint density at radius 1 is 1.30 bits per heavy atom. The van der Waals surface area contributed by atoms with Crippen molar-refractivity contribution in [2.75, 3.05) is 26.2 Å². The van der Waals surface area contributed by atoms with Crippen LogP contribution >= 0.6 is 27.5 Å². The van der Waals surface area contributed by atoms with E-state index in [0.717, 1.165) is 38.9 Å². The number of piperazine rings is 1. The maximum atomic E-state index is 14.5. The van der Waals surface area contributed by atoms with Gasteiger partial charge in [-0.25, -0.2) is 14.4 Å². The van der Waals surface area contributed by atoms with E-state index < -0.39 is 5.82 Å². The van der Waals surface area contributed by atoms with Crippen LogP contribution in [0.3, 0.4) is 0 Å². The molecule has 0 aliphatic carbocycles. The zero-order valence-electron chi connectivity index (χ0n) is 16.1. The highest BCUT2D eigenvalue weighted by molar-refractivity contribution is 9.10. The number of ether oxygens (including phenoxy) is 1. The number of benzene rings is 2. The summed E-state index contributed by atoms with van der Waals surface area (Å²) in [6.07, 6.45) is 1.82. The molecule has 1 aliphatic heterocycles. The van der Waals surface area contributed by atoms with Gasteiger partial charge in [-0.15, -0.1) is 0 Å². The fraction of sp³-hybridized carbons (Fsp3) is 0.333. The number of hydrogen-bond acceptors (Lipinski definition) is 6. The second kappa shape index (κ2) is 9.43. The molecule has 0 amide bonds. The van der Waals surface area contributed by atoms with Crippen LogP contribution in [0.15, 0.2) is 41.1 Å². The monoisotopic (exact) mass is 494 g/mol. The van der Waals surface area contributed by atoms with Gasteiger partial charge in [0.2, 0.25) is 5.88 Å². The molecule has 1 aromatic heterocycles. The summed E-state index contributed by atoms with van der Waals surface area (Å²) in [7, 11) is 0. The fourth-order valence-corrected chi connectivity index (χ4v) is 4.27. The molecular weight excluding hydrogens is 475 g/mol. The zero-order chi connectivity index (χ0) is 21.1. The lowest BCUT2D eigenvalue weighted by atomic mass is 10.1. The smallest absolute Gasteiger partial charge is 0.225 e. The number of aromatic nitrogens is 2. The average Bonchev–Trinajstić information content (AvgIpc) is 2.76. The average molecular weight is 496 g/mol. The van der Waals surface area contributed by atoms with Gasteiger partial charge in [-0.3, -0.25) is 4.90 Å². The van der Waals surface area contributed by atoms with E-state index in [1.165, 1.54) is 5.56 Å². The van der Waals surface area contributed by atoms with Crippen LogP contribution in [0.2, 0.25) is 5.02 Å². The highest BCUT2D eigenvalue weighted by Crippen LogP contribution is 2.43. The zero-order valence-corrected chi connectivity index (χ0v) is 18.5. The first-order valence-corrected chi connectivity index (χ1v) is 10.8. The van der Waals surface area contributed by atoms with Crippen molar-refractivity contribution in [3.05, 3.63) is 57.5 Å². The van der Waals surface area contributed by atoms with Gasteiger partial charge >= 0.3 is 0 Å². The van der Waals surface area contributed by atoms with Gasteiger partial charge in [0.25, 0.3) is 0 Å². The summed E-state index contributed by atoms with van der Waals surface area (Å²) >= 11 is 9.42. The molecule has 2 N–H and O–H groups in total. The van der Waals surface area contributed by atoms with Crippen molar-refractivity contribution in [3.8, 4) is 11.6 Å². The van der Waals surface area contributed by atoms with E-state index in [9.17, 15) is 9.50 Å². The molecule has 0 unspecified atom stereocenters. The Morgan fingerprint density at radius 2 is 2.10 bits per heavy atom. The summed E-state index contributed by atoms with van der Waals surface area (Å²) < 4.78 is 20.4. The molecule has 0 radical (unpaired) electrons. The van der Waals surface area contributed by atoms with Crippen LogP contribution in [-0.2, 0) is 6.54 Å². The molecule has 0 saturated carbocycles. The van der Waals surface area contributed by atoms with Crippen LogP contribution in [0.5, 0.6) is 11.6 Å². The van der Waals surface area contributed by atoms with Crippen molar-refractivity contribution in [1.29, 1.82) is 0 Å². The first-order chi connectivity index (χ1) is 14.5. The second-order valence-corrected chi connectivity index (χ2v) is 8.37. The number of nitrogens with one attached hydrogen (secondary N) is 1. The maximum Gasteiger partial charge on any atom is 0.225 e. The summed E-state index contributed by atoms with van der Waals surface area (Å²) in [5, 5.41) is 13.8. The minimum absolute atomic E-state index is 0.0430. The molecule has 0 spiro atoms.